The van der Waals surface area contributed by atoms with Crippen molar-refractivity contribution in [3.8, 4) is 11.5 Å². The normalized spacial score (nSPS) is 16.4. The van der Waals surface area contributed by atoms with Gasteiger partial charge in [-0.25, -0.2) is 0 Å². The number of aromatic nitrogens is 1. The summed E-state index contributed by atoms with van der Waals surface area (Å²) in [7, 11) is 0. The fraction of sp³-hybridized carbons (Fsp3) is 0.273. The monoisotopic (exact) mass is 361 g/mol. The Morgan fingerprint density at radius 2 is 2.00 bits per heavy atom. The minimum Gasteiger partial charge on any atom is -0.457 e. The number of amides is 1. The van der Waals surface area contributed by atoms with Gasteiger partial charge in [-0.2, -0.15) is 0 Å². The van der Waals surface area contributed by atoms with Crippen LogP contribution in [0.1, 0.15) is 19.3 Å². The van der Waals surface area contributed by atoms with Gasteiger partial charge in [0, 0.05) is 23.7 Å². The molecule has 1 aliphatic rings. The minimum absolute atomic E-state index is 0.0655. The van der Waals surface area contributed by atoms with E-state index in [4.69, 9.17) is 4.74 Å². The zero-order valence-corrected chi connectivity index (χ0v) is 15.2. The average molecular weight is 361 g/mol. The lowest BCUT2D eigenvalue weighted by molar-refractivity contribution is -0.116. The summed E-state index contributed by atoms with van der Waals surface area (Å²) in [5.41, 5.74) is 1.69. The lowest BCUT2D eigenvalue weighted by Gasteiger charge is -2.11. The third-order valence-corrected chi connectivity index (χ3v) is 4.92. The number of nitrogens with one attached hydrogen (secondary N) is 2. The highest BCUT2D eigenvalue weighted by Crippen LogP contribution is 2.29. The Morgan fingerprint density at radius 1 is 1.15 bits per heavy atom. The zero-order chi connectivity index (χ0) is 18.5. The summed E-state index contributed by atoms with van der Waals surface area (Å²) in [6.45, 7) is 2.10. The second-order valence-electron chi connectivity index (χ2n) is 6.90. The number of para-hydroxylation sites is 1. The SMILES string of the molecule is O=C(CCC1CCNC1)Nc1ccc(Oc2ccnc3ccccc23)cc1. The van der Waals surface area contributed by atoms with Crippen molar-refractivity contribution in [1.29, 1.82) is 0 Å². The van der Waals surface area contributed by atoms with Crippen LogP contribution < -0.4 is 15.4 Å². The number of benzene rings is 2. The van der Waals surface area contributed by atoms with E-state index in [1.54, 1.807) is 6.20 Å². The van der Waals surface area contributed by atoms with Gasteiger partial charge in [0.2, 0.25) is 5.91 Å². The van der Waals surface area contributed by atoms with Gasteiger partial charge in [0.1, 0.15) is 11.5 Å². The van der Waals surface area contributed by atoms with Crippen molar-refractivity contribution < 1.29 is 9.53 Å². The van der Waals surface area contributed by atoms with E-state index in [9.17, 15) is 4.79 Å². The van der Waals surface area contributed by atoms with Crippen LogP contribution in [0, 0.1) is 5.92 Å². The maximum atomic E-state index is 12.1. The van der Waals surface area contributed by atoms with Gasteiger partial charge in [0.25, 0.3) is 0 Å². The molecule has 0 saturated carbocycles. The topological polar surface area (TPSA) is 63.2 Å². The van der Waals surface area contributed by atoms with Crippen molar-refractivity contribution >= 4 is 22.5 Å². The maximum Gasteiger partial charge on any atom is 0.224 e. The van der Waals surface area contributed by atoms with Crippen LogP contribution in [0.3, 0.4) is 0 Å². The number of carbonyl (C=O) groups excluding carboxylic acids is 1. The van der Waals surface area contributed by atoms with Crippen molar-refractivity contribution in [3.05, 3.63) is 60.8 Å². The summed E-state index contributed by atoms with van der Waals surface area (Å²) in [6, 6.07) is 17.2. The maximum absolute atomic E-state index is 12.1. The largest absolute Gasteiger partial charge is 0.457 e. The molecule has 0 spiro atoms. The molecule has 138 valence electrons. The number of hydrogen-bond acceptors (Lipinski definition) is 4. The Bertz CT molecular complexity index is 913. The van der Waals surface area contributed by atoms with Gasteiger partial charge in [0.05, 0.1) is 5.52 Å². The molecule has 0 radical (unpaired) electrons. The van der Waals surface area contributed by atoms with Crippen LogP contribution >= 0.6 is 0 Å². The highest BCUT2D eigenvalue weighted by Gasteiger charge is 2.15. The lowest BCUT2D eigenvalue weighted by atomic mass is 10.0. The summed E-state index contributed by atoms with van der Waals surface area (Å²) in [5.74, 6) is 2.18. The molecule has 2 heterocycles. The lowest BCUT2D eigenvalue weighted by Crippen LogP contribution is -2.14. The molecule has 5 nitrogen and oxygen atoms in total. The summed E-state index contributed by atoms with van der Waals surface area (Å²) in [5, 5.41) is 7.27. The molecule has 1 atom stereocenters. The van der Waals surface area contributed by atoms with E-state index in [1.807, 2.05) is 54.6 Å². The fourth-order valence-electron chi connectivity index (χ4n) is 3.41. The van der Waals surface area contributed by atoms with Gasteiger partial charge in [0.15, 0.2) is 0 Å². The van der Waals surface area contributed by atoms with Gasteiger partial charge in [-0.1, -0.05) is 12.1 Å². The first-order chi connectivity index (χ1) is 13.3. The third kappa shape index (κ3) is 4.44. The van der Waals surface area contributed by atoms with Gasteiger partial charge < -0.3 is 15.4 Å². The molecule has 1 saturated heterocycles. The molecule has 5 heteroatoms. The molecule has 27 heavy (non-hydrogen) atoms. The van der Waals surface area contributed by atoms with E-state index in [1.165, 1.54) is 6.42 Å². The molecule has 1 aliphatic heterocycles. The summed E-state index contributed by atoms with van der Waals surface area (Å²) in [6.07, 6.45) is 4.41. The van der Waals surface area contributed by atoms with Crippen molar-refractivity contribution in [2.24, 2.45) is 5.92 Å². The zero-order valence-electron chi connectivity index (χ0n) is 15.2. The molecule has 3 aromatic rings. The van der Waals surface area contributed by atoms with Crippen molar-refractivity contribution in [2.45, 2.75) is 19.3 Å². The summed E-state index contributed by atoms with van der Waals surface area (Å²) in [4.78, 5) is 16.5. The Morgan fingerprint density at radius 3 is 2.81 bits per heavy atom. The molecule has 0 aliphatic carbocycles. The van der Waals surface area contributed by atoms with Gasteiger partial charge in [-0.3, -0.25) is 9.78 Å². The molecular weight excluding hydrogens is 338 g/mol. The van der Waals surface area contributed by atoms with Gasteiger partial charge >= 0.3 is 0 Å². The third-order valence-electron chi connectivity index (χ3n) is 4.92. The average Bonchev–Trinajstić information content (AvgIpc) is 3.22. The van der Waals surface area contributed by atoms with E-state index < -0.39 is 0 Å². The second-order valence-corrected chi connectivity index (χ2v) is 6.90. The number of fused-ring (bicyclic) bond motifs is 1. The van der Waals surface area contributed by atoms with Crippen LogP contribution in [-0.4, -0.2) is 24.0 Å². The van der Waals surface area contributed by atoms with E-state index in [-0.39, 0.29) is 5.91 Å². The van der Waals surface area contributed by atoms with Crippen molar-refractivity contribution in [3.63, 3.8) is 0 Å². The molecule has 2 aromatic carbocycles. The first-order valence-corrected chi connectivity index (χ1v) is 9.40. The molecule has 1 unspecified atom stereocenters. The summed E-state index contributed by atoms with van der Waals surface area (Å²) >= 11 is 0. The molecule has 1 fully saturated rings. The van der Waals surface area contributed by atoms with Crippen LogP contribution in [0.4, 0.5) is 5.69 Å². The number of anilines is 1. The molecule has 2 N–H and O–H groups in total. The van der Waals surface area contributed by atoms with E-state index in [0.717, 1.165) is 47.6 Å². The molecule has 1 aromatic heterocycles. The van der Waals surface area contributed by atoms with Crippen molar-refractivity contribution in [1.82, 2.24) is 10.3 Å². The van der Waals surface area contributed by atoms with Crippen LogP contribution in [0.2, 0.25) is 0 Å². The Hall–Kier alpha value is -2.92. The predicted molar refractivity (Wildman–Crippen MR) is 107 cm³/mol. The first kappa shape index (κ1) is 17.5. The van der Waals surface area contributed by atoms with Gasteiger partial charge in [-0.15, -0.1) is 0 Å². The number of nitrogens with zero attached hydrogens (tertiary/aromatic N) is 1. The van der Waals surface area contributed by atoms with Crippen LogP contribution in [0.15, 0.2) is 60.8 Å². The van der Waals surface area contributed by atoms with E-state index >= 15 is 0 Å². The van der Waals surface area contributed by atoms with Gasteiger partial charge in [-0.05, 0) is 74.3 Å². The number of pyridine rings is 1. The van der Waals surface area contributed by atoms with Crippen molar-refractivity contribution in [2.75, 3.05) is 18.4 Å². The quantitative estimate of drug-likeness (QED) is 0.685. The highest BCUT2D eigenvalue weighted by atomic mass is 16.5. The predicted octanol–water partition coefficient (Wildman–Crippen LogP) is 4.36. The van der Waals surface area contributed by atoms with E-state index in [2.05, 4.69) is 15.6 Å². The van der Waals surface area contributed by atoms with Crippen LogP contribution in [0.5, 0.6) is 11.5 Å². The molecule has 1 amide bonds. The second kappa shape index (κ2) is 8.18. The number of hydrogen-bond donors (Lipinski definition) is 2. The number of ether oxygens (including phenoxy) is 1. The Balaban J connectivity index is 1.36. The highest BCUT2D eigenvalue weighted by molar-refractivity contribution is 5.90. The summed E-state index contributed by atoms with van der Waals surface area (Å²) < 4.78 is 6.01. The minimum atomic E-state index is 0.0655. The van der Waals surface area contributed by atoms with Crippen LogP contribution in [0.25, 0.3) is 10.9 Å². The molecular formula is C22H23N3O2. The number of carbonyl (C=O) groups is 1. The fourth-order valence-corrected chi connectivity index (χ4v) is 3.41. The first-order valence-electron chi connectivity index (χ1n) is 9.40. The molecule has 0 bridgehead atoms. The Kier molecular flexibility index (Phi) is 5.30. The smallest absolute Gasteiger partial charge is 0.224 e. The molecule has 4 rings (SSSR count). The Labute approximate surface area is 158 Å². The number of rotatable bonds is 6. The van der Waals surface area contributed by atoms with E-state index in [0.29, 0.717) is 12.3 Å². The standard InChI is InChI=1S/C22H23N3O2/c26-22(10-5-16-11-13-23-15-16)25-17-6-8-18(9-7-17)27-21-12-14-24-20-4-2-1-3-19(20)21/h1-4,6-9,12,14,16,23H,5,10-11,13,15H2,(H,25,26). The van der Waals surface area contributed by atoms with Crippen LogP contribution in [-0.2, 0) is 4.79 Å².